The fourth-order valence-electron chi connectivity index (χ4n) is 1.92. The minimum atomic E-state index is -1.05. The zero-order chi connectivity index (χ0) is 17.6. The van der Waals surface area contributed by atoms with Gasteiger partial charge in [0.05, 0.1) is 11.3 Å². The molecule has 1 aromatic carbocycles. The maximum atomic E-state index is 11.5. The van der Waals surface area contributed by atoms with Crippen LogP contribution in [0.2, 0.25) is 0 Å². The van der Waals surface area contributed by atoms with Crippen molar-refractivity contribution in [2.75, 3.05) is 12.3 Å². The number of carbonyl (C=O) groups is 2. The highest BCUT2D eigenvalue weighted by atomic mass is 16.6. The number of nitrogen functional groups attached to an aromatic ring is 1. The summed E-state index contributed by atoms with van der Waals surface area (Å²) in [7, 11) is 0. The molecule has 1 aromatic rings. The van der Waals surface area contributed by atoms with E-state index < -0.39 is 17.7 Å². The maximum Gasteiger partial charge on any atom is 0.407 e. The van der Waals surface area contributed by atoms with Gasteiger partial charge < -0.3 is 20.9 Å². The number of anilines is 1. The first-order valence-corrected chi connectivity index (χ1v) is 7.37. The van der Waals surface area contributed by atoms with E-state index in [2.05, 4.69) is 5.32 Å². The van der Waals surface area contributed by atoms with Crippen molar-refractivity contribution in [2.45, 2.75) is 39.7 Å². The molecule has 0 atom stereocenters. The Kier molecular flexibility index (Phi) is 6.18. The van der Waals surface area contributed by atoms with Gasteiger partial charge in [0.2, 0.25) is 0 Å². The molecular formula is C17H24N2O4. The molecule has 6 heteroatoms. The third-order valence-electron chi connectivity index (χ3n) is 2.86. The monoisotopic (exact) mass is 320 g/mol. The molecule has 0 aliphatic rings. The van der Waals surface area contributed by atoms with Gasteiger partial charge in [-0.25, -0.2) is 9.59 Å². The summed E-state index contributed by atoms with van der Waals surface area (Å²) in [5.74, 6) is -1.05. The fraction of sp³-hybridized carbons (Fsp3) is 0.412. The summed E-state index contributed by atoms with van der Waals surface area (Å²) >= 11 is 0. The van der Waals surface area contributed by atoms with Crippen LogP contribution in [0, 0.1) is 6.92 Å². The number of hydrogen-bond acceptors (Lipinski definition) is 4. The van der Waals surface area contributed by atoms with Crippen LogP contribution in [0.3, 0.4) is 0 Å². The molecule has 0 heterocycles. The van der Waals surface area contributed by atoms with E-state index in [4.69, 9.17) is 15.6 Å². The molecule has 0 radical (unpaired) electrons. The van der Waals surface area contributed by atoms with Crippen molar-refractivity contribution in [1.82, 2.24) is 5.32 Å². The van der Waals surface area contributed by atoms with Crippen LogP contribution in [-0.4, -0.2) is 29.3 Å². The first kappa shape index (κ1) is 18.5. The quantitative estimate of drug-likeness (QED) is 0.571. The molecule has 126 valence electrons. The van der Waals surface area contributed by atoms with Crippen LogP contribution in [-0.2, 0) is 4.74 Å². The van der Waals surface area contributed by atoms with E-state index in [9.17, 15) is 9.59 Å². The van der Waals surface area contributed by atoms with Gasteiger partial charge in [-0.05, 0) is 57.4 Å². The summed E-state index contributed by atoms with van der Waals surface area (Å²) in [5, 5.41) is 11.8. The zero-order valence-corrected chi connectivity index (χ0v) is 14.0. The topological polar surface area (TPSA) is 102 Å². The molecule has 0 aliphatic carbocycles. The van der Waals surface area contributed by atoms with Gasteiger partial charge in [-0.1, -0.05) is 12.2 Å². The summed E-state index contributed by atoms with van der Waals surface area (Å²) < 4.78 is 5.12. The molecule has 1 rings (SSSR count). The minimum Gasteiger partial charge on any atom is -0.478 e. The molecule has 0 saturated heterocycles. The highest BCUT2D eigenvalue weighted by Crippen LogP contribution is 2.21. The van der Waals surface area contributed by atoms with Gasteiger partial charge in [0.1, 0.15) is 5.60 Å². The van der Waals surface area contributed by atoms with E-state index in [0.717, 1.165) is 5.56 Å². The lowest BCUT2D eigenvalue weighted by atomic mass is 10.0. The predicted molar refractivity (Wildman–Crippen MR) is 90.4 cm³/mol. The molecule has 0 aromatic heterocycles. The van der Waals surface area contributed by atoms with Crippen LogP contribution in [0.25, 0.3) is 6.08 Å². The first-order valence-electron chi connectivity index (χ1n) is 7.37. The Hall–Kier alpha value is -2.50. The van der Waals surface area contributed by atoms with Crippen LogP contribution in [0.15, 0.2) is 18.2 Å². The van der Waals surface area contributed by atoms with Gasteiger partial charge in [0.25, 0.3) is 0 Å². The highest BCUT2D eigenvalue weighted by molar-refractivity contribution is 5.96. The second-order valence-electron chi connectivity index (χ2n) is 6.24. The molecule has 0 bridgehead atoms. The van der Waals surface area contributed by atoms with Gasteiger partial charge in [-0.2, -0.15) is 0 Å². The molecule has 1 amide bonds. The number of carboxylic acids is 1. The molecule has 0 aliphatic heterocycles. The summed E-state index contributed by atoms with van der Waals surface area (Å²) in [4.78, 5) is 22.6. The Morgan fingerprint density at radius 3 is 2.57 bits per heavy atom. The fourth-order valence-corrected chi connectivity index (χ4v) is 1.92. The van der Waals surface area contributed by atoms with Crippen LogP contribution in [0.1, 0.15) is 48.7 Å². The Morgan fingerprint density at radius 2 is 2.00 bits per heavy atom. The number of ether oxygens (including phenoxy) is 1. The van der Waals surface area contributed by atoms with Crippen LogP contribution < -0.4 is 11.1 Å². The second kappa shape index (κ2) is 7.67. The van der Waals surface area contributed by atoms with E-state index in [-0.39, 0.29) is 11.3 Å². The standard InChI is InChI=1S/C17H24N2O4/c1-11-9-12(14(18)13(10-11)15(20)21)7-5-6-8-19-16(22)23-17(2,3)4/h5,7,9-10H,6,8,18H2,1-4H3,(H,19,22)(H,20,21). The lowest BCUT2D eigenvalue weighted by Crippen LogP contribution is -2.32. The Morgan fingerprint density at radius 1 is 1.35 bits per heavy atom. The van der Waals surface area contributed by atoms with Crippen molar-refractivity contribution >= 4 is 23.8 Å². The Labute approximate surface area is 136 Å². The van der Waals surface area contributed by atoms with E-state index in [1.165, 1.54) is 0 Å². The smallest absolute Gasteiger partial charge is 0.407 e. The average molecular weight is 320 g/mol. The second-order valence-corrected chi connectivity index (χ2v) is 6.24. The highest BCUT2D eigenvalue weighted by Gasteiger charge is 2.15. The number of hydrogen-bond donors (Lipinski definition) is 3. The SMILES string of the molecule is Cc1cc(C=CCCNC(=O)OC(C)(C)C)c(N)c(C(=O)O)c1. The third kappa shape index (κ3) is 6.42. The summed E-state index contributed by atoms with van der Waals surface area (Å²) in [5.41, 5.74) is 7.14. The van der Waals surface area contributed by atoms with Crippen LogP contribution in [0.4, 0.5) is 10.5 Å². The number of aryl methyl sites for hydroxylation is 1. The lowest BCUT2D eigenvalue weighted by molar-refractivity contribution is 0.0528. The normalized spacial score (nSPS) is 11.5. The first-order chi connectivity index (χ1) is 10.6. The largest absolute Gasteiger partial charge is 0.478 e. The van der Waals surface area contributed by atoms with Gasteiger partial charge in [0, 0.05) is 6.54 Å². The van der Waals surface area contributed by atoms with E-state index in [0.29, 0.717) is 18.5 Å². The Bertz CT molecular complexity index is 616. The van der Waals surface area contributed by atoms with E-state index in [1.54, 1.807) is 32.9 Å². The van der Waals surface area contributed by atoms with Crippen molar-refractivity contribution in [1.29, 1.82) is 0 Å². The molecule has 0 saturated carbocycles. The minimum absolute atomic E-state index is 0.0940. The molecule has 0 unspecified atom stereocenters. The molecule has 0 fully saturated rings. The molecule has 6 nitrogen and oxygen atoms in total. The summed E-state index contributed by atoms with van der Waals surface area (Å²) in [6, 6.07) is 3.36. The lowest BCUT2D eigenvalue weighted by Gasteiger charge is -2.19. The summed E-state index contributed by atoms with van der Waals surface area (Å²) in [6.45, 7) is 7.63. The van der Waals surface area contributed by atoms with E-state index in [1.807, 2.05) is 19.1 Å². The maximum absolute atomic E-state index is 11.5. The third-order valence-corrected chi connectivity index (χ3v) is 2.86. The van der Waals surface area contributed by atoms with Gasteiger partial charge >= 0.3 is 12.1 Å². The number of benzene rings is 1. The Balaban J connectivity index is 2.59. The van der Waals surface area contributed by atoms with Crippen molar-refractivity contribution in [3.8, 4) is 0 Å². The number of carboxylic acid groups (broad SMARTS) is 1. The van der Waals surface area contributed by atoms with Crippen LogP contribution >= 0.6 is 0 Å². The molecule has 0 spiro atoms. The van der Waals surface area contributed by atoms with Crippen LogP contribution in [0.5, 0.6) is 0 Å². The van der Waals surface area contributed by atoms with Crippen molar-refractivity contribution < 1.29 is 19.4 Å². The summed E-state index contributed by atoms with van der Waals surface area (Å²) in [6.07, 6.45) is 3.70. The predicted octanol–water partition coefficient (Wildman–Crippen LogP) is 3.20. The molecule has 23 heavy (non-hydrogen) atoms. The van der Waals surface area contributed by atoms with Crippen molar-refractivity contribution in [3.63, 3.8) is 0 Å². The average Bonchev–Trinajstić information content (AvgIpc) is 2.39. The number of rotatable bonds is 5. The number of carbonyl (C=O) groups excluding carboxylic acids is 1. The van der Waals surface area contributed by atoms with Gasteiger partial charge in [-0.3, -0.25) is 0 Å². The zero-order valence-electron chi connectivity index (χ0n) is 14.0. The number of alkyl carbamates (subject to hydrolysis) is 1. The van der Waals surface area contributed by atoms with E-state index >= 15 is 0 Å². The van der Waals surface area contributed by atoms with Gasteiger partial charge in [-0.15, -0.1) is 0 Å². The molecule has 4 N–H and O–H groups in total. The van der Waals surface area contributed by atoms with Crippen molar-refractivity contribution in [3.05, 3.63) is 34.9 Å². The van der Waals surface area contributed by atoms with Crippen molar-refractivity contribution in [2.24, 2.45) is 0 Å². The molecular weight excluding hydrogens is 296 g/mol. The number of nitrogens with two attached hydrogens (primary N) is 1. The van der Waals surface area contributed by atoms with Gasteiger partial charge in [0.15, 0.2) is 0 Å². The number of nitrogens with one attached hydrogen (secondary N) is 1. The number of aromatic carboxylic acids is 1. The number of amides is 1.